The molecule has 3 heteroatoms. The average Bonchev–Trinajstić information content (AvgIpc) is 2.82. The van der Waals surface area contributed by atoms with E-state index >= 15 is 0 Å². The number of ketones is 1. The first-order valence-corrected chi connectivity index (χ1v) is 6.16. The van der Waals surface area contributed by atoms with Gasteiger partial charge in [0.15, 0.2) is 6.10 Å². The zero-order valence-electron chi connectivity index (χ0n) is 9.60. The number of carbonyl (C=O) groups excluding carboxylic acids is 1. The highest BCUT2D eigenvalue weighted by molar-refractivity contribution is 6.30. The Kier molecular flexibility index (Phi) is 2.80. The highest BCUT2D eigenvalue weighted by atomic mass is 35.5. The van der Waals surface area contributed by atoms with Crippen molar-refractivity contribution in [3.63, 3.8) is 0 Å². The van der Waals surface area contributed by atoms with E-state index in [-0.39, 0.29) is 5.78 Å². The molecule has 1 aliphatic heterocycles. The number of benzene rings is 2. The van der Waals surface area contributed by atoms with Crippen molar-refractivity contribution in [2.75, 3.05) is 0 Å². The minimum absolute atomic E-state index is 0.00265. The van der Waals surface area contributed by atoms with Gasteiger partial charge in [-0.25, -0.2) is 0 Å². The van der Waals surface area contributed by atoms with E-state index in [1.807, 2.05) is 24.3 Å². The molecule has 1 atom stereocenters. The molecule has 0 aromatic heterocycles. The van der Waals surface area contributed by atoms with E-state index in [9.17, 15) is 4.79 Å². The lowest BCUT2D eigenvalue weighted by atomic mass is 10.0. The average molecular weight is 259 g/mol. The van der Waals surface area contributed by atoms with Gasteiger partial charge in [-0.2, -0.15) is 0 Å². The molecule has 0 saturated carbocycles. The molecule has 0 N–H and O–H groups in total. The molecule has 0 radical (unpaired) electrons. The third-order valence-corrected chi connectivity index (χ3v) is 3.32. The number of halogens is 1. The van der Waals surface area contributed by atoms with Crippen LogP contribution in [0.3, 0.4) is 0 Å². The van der Waals surface area contributed by atoms with Crippen LogP contribution in [0.15, 0.2) is 48.5 Å². The van der Waals surface area contributed by atoms with Crippen molar-refractivity contribution in [3.8, 4) is 5.75 Å². The maximum atomic E-state index is 12.3. The summed E-state index contributed by atoms with van der Waals surface area (Å²) in [5.41, 5.74) is 1.72. The van der Waals surface area contributed by atoms with Crippen molar-refractivity contribution in [2.45, 2.75) is 12.5 Å². The normalized spacial score (nSPS) is 17.1. The molecule has 0 unspecified atom stereocenters. The minimum atomic E-state index is -0.413. The molecular formula is C15H11ClO2. The van der Waals surface area contributed by atoms with Crippen LogP contribution in [0.1, 0.15) is 15.9 Å². The molecule has 1 aliphatic rings. The number of ether oxygens (including phenoxy) is 1. The van der Waals surface area contributed by atoms with E-state index in [1.54, 1.807) is 24.3 Å². The summed E-state index contributed by atoms with van der Waals surface area (Å²) in [6.07, 6.45) is 0.223. The monoisotopic (exact) mass is 258 g/mol. The molecule has 3 rings (SSSR count). The smallest absolute Gasteiger partial charge is 0.203 e. The summed E-state index contributed by atoms with van der Waals surface area (Å²) in [7, 11) is 0. The van der Waals surface area contributed by atoms with Crippen LogP contribution in [0.4, 0.5) is 0 Å². The van der Waals surface area contributed by atoms with Crippen LogP contribution < -0.4 is 4.74 Å². The summed E-state index contributed by atoms with van der Waals surface area (Å²) in [4.78, 5) is 12.3. The fourth-order valence-corrected chi connectivity index (χ4v) is 2.25. The maximum Gasteiger partial charge on any atom is 0.203 e. The molecule has 0 saturated heterocycles. The van der Waals surface area contributed by atoms with Gasteiger partial charge in [0.1, 0.15) is 5.75 Å². The van der Waals surface area contributed by atoms with E-state index in [0.29, 0.717) is 17.0 Å². The molecule has 1 heterocycles. The van der Waals surface area contributed by atoms with Crippen LogP contribution in [0.2, 0.25) is 5.02 Å². The molecule has 2 aromatic rings. The summed E-state index contributed by atoms with van der Waals surface area (Å²) >= 11 is 5.81. The zero-order chi connectivity index (χ0) is 12.5. The van der Waals surface area contributed by atoms with Crippen molar-refractivity contribution in [2.24, 2.45) is 0 Å². The quantitative estimate of drug-likeness (QED) is 0.771. The topological polar surface area (TPSA) is 26.3 Å². The molecule has 18 heavy (non-hydrogen) atoms. The summed E-state index contributed by atoms with van der Waals surface area (Å²) in [6, 6.07) is 14.7. The predicted molar refractivity (Wildman–Crippen MR) is 70.3 cm³/mol. The van der Waals surface area contributed by atoms with Gasteiger partial charge >= 0.3 is 0 Å². The van der Waals surface area contributed by atoms with Crippen LogP contribution in [0.5, 0.6) is 5.75 Å². The van der Waals surface area contributed by atoms with Gasteiger partial charge in [-0.05, 0) is 35.9 Å². The standard InChI is InChI=1S/C15H11ClO2/c16-12-7-5-10(6-8-12)15(17)14-9-11-3-1-2-4-13(11)18-14/h1-8,14H,9H2/t14-/m1/s1. The molecule has 0 spiro atoms. The molecule has 90 valence electrons. The van der Waals surface area contributed by atoms with Gasteiger partial charge in [-0.15, -0.1) is 0 Å². The first kappa shape index (κ1) is 11.3. The Morgan fingerprint density at radius 3 is 2.56 bits per heavy atom. The second kappa shape index (κ2) is 4.46. The van der Waals surface area contributed by atoms with E-state index in [4.69, 9.17) is 16.3 Å². The van der Waals surface area contributed by atoms with Crippen LogP contribution in [-0.2, 0) is 6.42 Å². The Morgan fingerprint density at radius 2 is 1.83 bits per heavy atom. The first-order chi connectivity index (χ1) is 8.74. The molecule has 0 bridgehead atoms. The second-order valence-corrected chi connectivity index (χ2v) is 4.73. The molecular weight excluding hydrogens is 248 g/mol. The number of carbonyl (C=O) groups is 1. The Balaban J connectivity index is 1.82. The predicted octanol–water partition coefficient (Wildman–Crippen LogP) is 3.53. The van der Waals surface area contributed by atoms with Crippen molar-refractivity contribution in [1.82, 2.24) is 0 Å². The lowest BCUT2D eigenvalue weighted by Gasteiger charge is -2.09. The third kappa shape index (κ3) is 2.00. The SMILES string of the molecule is O=C(c1ccc(Cl)cc1)[C@H]1Cc2ccccc2O1. The van der Waals surface area contributed by atoms with Crippen LogP contribution in [-0.4, -0.2) is 11.9 Å². The van der Waals surface area contributed by atoms with Gasteiger partial charge in [0.25, 0.3) is 0 Å². The number of Topliss-reactive ketones (excluding diaryl/α,β-unsaturated/α-hetero) is 1. The molecule has 0 amide bonds. The van der Waals surface area contributed by atoms with E-state index in [0.717, 1.165) is 11.3 Å². The Morgan fingerprint density at radius 1 is 1.11 bits per heavy atom. The highest BCUT2D eigenvalue weighted by Crippen LogP contribution is 2.29. The van der Waals surface area contributed by atoms with Crippen molar-refractivity contribution in [3.05, 3.63) is 64.7 Å². The van der Waals surface area contributed by atoms with E-state index in [2.05, 4.69) is 0 Å². The van der Waals surface area contributed by atoms with Gasteiger partial charge < -0.3 is 4.74 Å². The van der Waals surface area contributed by atoms with Gasteiger partial charge in [-0.3, -0.25) is 4.79 Å². The molecule has 0 fully saturated rings. The number of fused-ring (bicyclic) bond motifs is 1. The Bertz CT molecular complexity index is 565. The van der Waals surface area contributed by atoms with Gasteiger partial charge in [0.05, 0.1) is 0 Å². The number of hydrogen-bond acceptors (Lipinski definition) is 2. The Hall–Kier alpha value is -1.80. The van der Waals surface area contributed by atoms with Crippen LogP contribution in [0.25, 0.3) is 0 Å². The van der Waals surface area contributed by atoms with E-state index in [1.165, 1.54) is 0 Å². The van der Waals surface area contributed by atoms with Gasteiger partial charge in [-0.1, -0.05) is 29.8 Å². The maximum absolute atomic E-state index is 12.3. The first-order valence-electron chi connectivity index (χ1n) is 5.78. The number of para-hydroxylation sites is 1. The molecule has 0 aliphatic carbocycles. The van der Waals surface area contributed by atoms with Crippen molar-refractivity contribution < 1.29 is 9.53 Å². The summed E-state index contributed by atoms with van der Waals surface area (Å²) in [6.45, 7) is 0. The lowest BCUT2D eigenvalue weighted by molar-refractivity contribution is 0.0825. The van der Waals surface area contributed by atoms with Crippen molar-refractivity contribution in [1.29, 1.82) is 0 Å². The second-order valence-electron chi connectivity index (χ2n) is 4.29. The van der Waals surface area contributed by atoms with Gasteiger partial charge in [0, 0.05) is 17.0 Å². The van der Waals surface area contributed by atoms with Crippen molar-refractivity contribution >= 4 is 17.4 Å². The lowest BCUT2D eigenvalue weighted by Crippen LogP contribution is -2.25. The summed E-state index contributed by atoms with van der Waals surface area (Å²) < 4.78 is 5.67. The molecule has 2 nitrogen and oxygen atoms in total. The van der Waals surface area contributed by atoms with E-state index < -0.39 is 6.10 Å². The fourth-order valence-electron chi connectivity index (χ4n) is 2.13. The van der Waals surface area contributed by atoms with Crippen LogP contribution in [0, 0.1) is 0 Å². The number of rotatable bonds is 2. The van der Waals surface area contributed by atoms with Crippen LogP contribution >= 0.6 is 11.6 Å². The highest BCUT2D eigenvalue weighted by Gasteiger charge is 2.29. The molecule has 2 aromatic carbocycles. The minimum Gasteiger partial charge on any atom is -0.482 e. The summed E-state index contributed by atoms with van der Waals surface area (Å²) in [5, 5.41) is 0.627. The summed E-state index contributed by atoms with van der Waals surface area (Å²) in [5.74, 6) is 0.813. The fraction of sp³-hybridized carbons (Fsp3) is 0.133. The zero-order valence-corrected chi connectivity index (χ0v) is 10.4. The van der Waals surface area contributed by atoms with Gasteiger partial charge in [0.2, 0.25) is 5.78 Å². The Labute approximate surface area is 110 Å². The largest absolute Gasteiger partial charge is 0.482 e. The number of hydrogen-bond donors (Lipinski definition) is 0. The third-order valence-electron chi connectivity index (χ3n) is 3.07.